The molecule has 0 aliphatic carbocycles. The Kier molecular flexibility index (Phi) is 4.61. The molecule has 0 amide bonds. The fraction of sp³-hybridized carbons (Fsp3) is 0. The summed E-state index contributed by atoms with van der Waals surface area (Å²) in [5.41, 5.74) is 9.55. The van der Waals surface area contributed by atoms with Crippen LogP contribution in [0.2, 0.25) is 0 Å². The lowest BCUT2D eigenvalue weighted by molar-refractivity contribution is 1.13. The predicted molar refractivity (Wildman–Crippen MR) is 172 cm³/mol. The van der Waals surface area contributed by atoms with E-state index in [9.17, 15) is 0 Å². The van der Waals surface area contributed by atoms with Crippen LogP contribution in [-0.2, 0) is 0 Å². The molecule has 3 heteroatoms. The molecule has 0 N–H and O–H groups in total. The standard InChI is InChI=1S/C38H25N3/c1-2-11-26(12-3-1)39-24-23-33-34(39)22-21-32-31-17-6-9-20-37(31)41(38(32)33)28-14-10-13-27(25-28)40-35-18-7-4-15-29(35)30-16-5-8-19-36(30)40/h1-25H. The van der Waals surface area contributed by atoms with Gasteiger partial charge < -0.3 is 13.7 Å². The van der Waals surface area contributed by atoms with Gasteiger partial charge in [0.15, 0.2) is 0 Å². The van der Waals surface area contributed by atoms with Crippen molar-refractivity contribution in [1.82, 2.24) is 13.7 Å². The van der Waals surface area contributed by atoms with Crippen molar-refractivity contribution < 1.29 is 0 Å². The van der Waals surface area contributed by atoms with E-state index in [4.69, 9.17) is 0 Å². The molecule has 3 nitrogen and oxygen atoms in total. The second-order valence-electron chi connectivity index (χ2n) is 10.7. The maximum Gasteiger partial charge on any atom is 0.0635 e. The Bertz CT molecular complexity index is 2360. The molecule has 6 aromatic carbocycles. The fourth-order valence-corrected chi connectivity index (χ4v) is 6.73. The molecule has 41 heavy (non-hydrogen) atoms. The molecule has 0 aliphatic heterocycles. The van der Waals surface area contributed by atoms with E-state index in [0.29, 0.717) is 0 Å². The van der Waals surface area contributed by atoms with Gasteiger partial charge in [0.05, 0.1) is 27.6 Å². The summed E-state index contributed by atoms with van der Waals surface area (Å²) in [5.74, 6) is 0. The zero-order chi connectivity index (χ0) is 26.9. The van der Waals surface area contributed by atoms with Crippen LogP contribution in [0.25, 0.3) is 71.6 Å². The number of fused-ring (bicyclic) bond motifs is 8. The number of benzene rings is 6. The first-order valence-corrected chi connectivity index (χ1v) is 14.0. The van der Waals surface area contributed by atoms with Crippen LogP contribution in [0.3, 0.4) is 0 Å². The highest BCUT2D eigenvalue weighted by atomic mass is 15.0. The second-order valence-corrected chi connectivity index (χ2v) is 10.7. The van der Waals surface area contributed by atoms with Crippen LogP contribution in [0.4, 0.5) is 0 Å². The van der Waals surface area contributed by atoms with Crippen molar-refractivity contribution >= 4 is 54.5 Å². The second kappa shape index (κ2) is 8.48. The van der Waals surface area contributed by atoms with Gasteiger partial charge in [0, 0.05) is 50.2 Å². The minimum atomic E-state index is 1.15. The number of aromatic nitrogens is 3. The summed E-state index contributed by atoms with van der Waals surface area (Å²) < 4.78 is 7.12. The first kappa shape index (κ1) is 22.3. The lowest BCUT2D eigenvalue weighted by Crippen LogP contribution is -1.99. The van der Waals surface area contributed by atoms with Crippen LogP contribution in [0.15, 0.2) is 152 Å². The molecule has 192 valence electrons. The maximum atomic E-state index is 2.44. The molecule has 0 atom stereocenters. The molecule has 0 aliphatic rings. The van der Waals surface area contributed by atoms with E-state index in [2.05, 4.69) is 165 Å². The van der Waals surface area contributed by atoms with Gasteiger partial charge >= 0.3 is 0 Å². The molecule has 0 unspecified atom stereocenters. The Morgan fingerprint density at radius 2 is 0.854 bits per heavy atom. The highest BCUT2D eigenvalue weighted by Gasteiger charge is 2.18. The molecule has 0 radical (unpaired) electrons. The third-order valence-corrected chi connectivity index (χ3v) is 8.46. The molecule has 0 saturated heterocycles. The molecule has 3 aromatic heterocycles. The monoisotopic (exact) mass is 523 g/mol. The highest BCUT2D eigenvalue weighted by molar-refractivity contribution is 6.18. The first-order valence-electron chi connectivity index (χ1n) is 14.0. The smallest absolute Gasteiger partial charge is 0.0635 e. The molecule has 9 rings (SSSR count). The zero-order valence-corrected chi connectivity index (χ0v) is 22.3. The number of hydrogen-bond donors (Lipinski definition) is 0. The molecule has 0 spiro atoms. The fourth-order valence-electron chi connectivity index (χ4n) is 6.73. The van der Waals surface area contributed by atoms with Gasteiger partial charge in [0.1, 0.15) is 0 Å². The number of nitrogens with zero attached hydrogens (tertiary/aromatic N) is 3. The average molecular weight is 524 g/mol. The van der Waals surface area contributed by atoms with E-state index in [1.54, 1.807) is 0 Å². The average Bonchev–Trinajstić information content (AvgIpc) is 3.72. The Morgan fingerprint density at radius 1 is 0.317 bits per heavy atom. The van der Waals surface area contributed by atoms with Gasteiger partial charge in [0.25, 0.3) is 0 Å². The van der Waals surface area contributed by atoms with Crippen LogP contribution >= 0.6 is 0 Å². The summed E-state index contributed by atoms with van der Waals surface area (Å²) in [7, 11) is 0. The van der Waals surface area contributed by atoms with Gasteiger partial charge in [-0.1, -0.05) is 84.9 Å². The minimum Gasteiger partial charge on any atom is -0.316 e. The van der Waals surface area contributed by atoms with Gasteiger partial charge in [-0.3, -0.25) is 0 Å². The highest BCUT2D eigenvalue weighted by Crippen LogP contribution is 2.38. The van der Waals surface area contributed by atoms with E-state index >= 15 is 0 Å². The quantitative estimate of drug-likeness (QED) is 0.219. The van der Waals surface area contributed by atoms with Crippen LogP contribution in [0, 0.1) is 0 Å². The van der Waals surface area contributed by atoms with Crippen molar-refractivity contribution in [3.63, 3.8) is 0 Å². The maximum absolute atomic E-state index is 2.44. The third-order valence-electron chi connectivity index (χ3n) is 8.46. The van der Waals surface area contributed by atoms with Gasteiger partial charge in [0.2, 0.25) is 0 Å². The van der Waals surface area contributed by atoms with E-state index in [0.717, 1.165) is 17.1 Å². The van der Waals surface area contributed by atoms with Crippen molar-refractivity contribution in [2.24, 2.45) is 0 Å². The summed E-state index contributed by atoms with van der Waals surface area (Å²) in [6.07, 6.45) is 2.19. The van der Waals surface area contributed by atoms with Crippen LogP contribution in [0.5, 0.6) is 0 Å². The van der Waals surface area contributed by atoms with Crippen LogP contribution < -0.4 is 0 Å². The Balaban J connectivity index is 1.35. The summed E-state index contributed by atoms with van der Waals surface area (Å²) in [5, 5.41) is 6.31. The minimum absolute atomic E-state index is 1.15. The SMILES string of the molecule is c1ccc(-n2ccc3c2ccc2c4ccccc4n(-c4cccc(-n5c6ccccc6c6ccccc65)c4)c23)cc1. The topological polar surface area (TPSA) is 14.8 Å². The predicted octanol–water partition coefficient (Wildman–Crippen LogP) is 9.82. The summed E-state index contributed by atoms with van der Waals surface area (Å²) in [4.78, 5) is 0. The molecule has 0 fully saturated rings. The number of para-hydroxylation sites is 4. The zero-order valence-electron chi connectivity index (χ0n) is 22.3. The lowest BCUT2D eigenvalue weighted by atomic mass is 10.1. The van der Waals surface area contributed by atoms with E-state index in [1.165, 1.54) is 54.5 Å². The number of hydrogen-bond acceptors (Lipinski definition) is 0. The molecule has 0 saturated carbocycles. The summed E-state index contributed by atoms with van der Waals surface area (Å²) >= 11 is 0. The van der Waals surface area contributed by atoms with Crippen molar-refractivity contribution in [2.75, 3.05) is 0 Å². The third kappa shape index (κ3) is 3.14. The van der Waals surface area contributed by atoms with Crippen molar-refractivity contribution in [3.05, 3.63) is 152 Å². The Labute approximate surface area is 236 Å². The van der Waals surface area contributed by atoms with Crippen molar-refractivity contribution in [2.45, 2.75) is 0 Å². The van der Waals surface area contributed by atoms with E-state index in [1.807, 2.05) is 0 Å². The van der Waals surface area contributed by atoms with Gasteiger partial charge in [-0.15, -0.1) is 0 Å². The largest absolute Gasteiger partial charge is 0.316 e. The molecule has 3 heterocycles. The van der Waals surface area contributed by atoms with Crippen LogP contribution in [0.1, 0.15) is 0 Å². The van der Waals surface area contributed by atoms with Crippen LogP contribution in [-0.4, -0.2) is 13.7 Å². The molecule has 9 aromatic rings. The molecular weight excluding hydrogens is 498 g/mol. The van der Waals surface area contributed by atoms with Gasteiger partial charge in [-0.25, -0.2) is 0 Å². The Morgan fingerprint density at radius 3 is 1.54 bits per heavy atom. The van der Waals surface area contributed by atoms with E-state index < -0.39 is 0 Å². The Hall–Kier alpha value is -5.54. The van der Waals surface area contributed by atoms with Gasteiger partial charge in [-0.2, -0.15) is 0 Å². The van der Waals surface area contributed by atoms with Gasteiger partial charge in [-0.05, 0) is 60.7 Å². The van der Waals surface area contributed by atoms with Crippen molar-refractivity contribution in [1.29, 1.82) is 0 Å². The normalized spacial score (nSPS) is 11.9. The summed E-state index contributed by atoms with van der Waals surface area (Å²) in [6, 6.07) is 52.5. The number of rotatable bonds is 3. The van der Waals surface area contributed by atoms with Crippen molar-refractivity contribution in [3.8, 4) is 17.1 Å². The van der Waals surface area contributed by atoms with E-state index in [-0.39, 0.29) is 0 Å². The molecule has 0 bridgehead atoms. The molecular formula is C38H25N3. The lowest BCUT2D eigenvalue weighted by Gasteiger charge is -2.13. The first-order chi connectivity index (χ1) is 20.4. The summed E-state index contributed by atoms with van der Waals surface area (Å²) in [6.45, 7) is 0.